The Bertz CT molecular complexity index is 992. The van der Waals surface area contributed by atoms with Gasteiger partial charge in [-0.25, -0.2) is 4.79 Å². The summed E-state index contributed by atoms with van der Waals surface area (Å²) in [7, 11) is 1.29. The third-order valence-corrected chi connectivity index (χ3v) is 3.52. The molecule has 0 aliphatic heterocycles. The summed E-state index contributed by atoms with van der Waals surface area (Å²) in [4.78, 5) is 33.3. The summed E-state index contributed by atoms with van der Waals surface area (Å²) in [5, 5.41) is 34.0. The minimum Gasteiger partial charge on any atom is -0.494 e. The van der Waals surface area contributed by atoms with Crippen molar-refractivity contribution in [1.29, 1.82) is 5.26 Å². The van der Waals surface area contributed by atoms with Crippen LogP contribution in [0.5, 0.6) is 5.75 Å². The monoisotopic (exact) mass is 382 g/mol. The molecule has 0 aliphatic carbocycles. The number of amides is 1. The van der Waals surface area contributed by atoms with E-state index in [4.69, 9.17) is 9.84 Å². The van der Waals surface area contributed by atoms with Crippen LogP contribution >= 0.6 is 0 Å². The van der Waals surface area contributed by atoms with Gasteiger partial charge in [0.1, 0.15) is 17.4 Å². The first-order valence-electron chi connectivity index (χ1n) is 7.69. The highest BCUT2D eigenvalue weighted by molar-refractivity contribution is 6.07. The van der Waals surface area contributed by atoms with Crippen LogP contribution in [0.1, 0.15) is 10.4 Å². The smallest absolute Gasteiger partial charge is 0.335 e. The summed E-state index contributed by atoms with van der Waals surface area (Å²) in [6.45, 7) is 0. The summed E-state index contributed by atoms with van der Waals surface area (Å²) >= 11 is 0. The second kappa shape index (κ2) is 8.81. The number of hydrogen-bond donors (Lipinski definition) is 3. The van der Waals surface area contributed by atoms with E-state index in [9.17, 15) is 25.0 Å². The maximum absolute atomic E-state index is 12.3. The summed E-state index contributed by atoms with van der Waals surface area (Å²) < 4.78 is 5.03. The molecular formula is C18H14N4O6. The molecule has 2 rings (SSSR count). The average Bonchev–Trinajstić information content (AvgIpc) is 2.68. The molecule has 0 heterocycles. The van der Waals surface area contributed by atoms with Crippen LogP contribution in [-0.2, 0) is 4.79 Å². The highest BCUT2D eigenvalue weighted by atomic mass is 16.6. The van der Waals surface area contributed by atoms with Crippen LogP contribution in [0, 0.1) is 21.4 Å². The van der Waals surface area contributed by atoms with Crippen molar-refractivity contribution in [2.24, 2.45) is 0 Å². The van der Waals surface area contributed by atoms with Gasteiger partial charge < -0.3 is 20.5 Å². The number of carbonyl (C=O) groups excluding carboxylic acids is 1. The van der Waals surface area contributed by atoms with Gasteiger partial charge in [-0.2, -0.15) is 5.26 Å². The van der Waals surface area contributed by atoms with Crippen LogP contribution in [0.15, 0.2) is 54.2 Å². The number of nitrogens with zero attached hydrogens (tertiary/aromatic N) is 2. The largest absolute Gasteiger partial charge is 0.494 e. The zero-order chi connectivity index (χ0) is 20.7. The highest BCUT2D eigenvalue weighted by Gasteiger charge is 2.15. The van der Waals surface area contributed by atoms with Gasteiger partial charge in [0.05, 0.1) is 29.4 Å². The predicted molar refractivity (Wildman–Crippen MR) is 99.0 cm³/mol. The molecule has 0 spiro atoms. The number of nitro benzene ring substituents is 1. The molecule has 0 radical (unpaired) electrons. The molecule has 0 aromatic heterocycles. The first-order chi connectivity index (χ1) is 13.3. The van der Waals surface area contributed by atoms with Gasteiger partial charge in [-0.15, -0.1) is 0 Å². The Hall–Kier alpha value is -4.39. The van der Waals surface area contributed by atoms with Gasteiger partial charge in [0.15, 0.2) is 0 Å². The maximum Gasteiger partial charge on any atom is 0.335 e. The quantitative estimate of drug-likeness (QED) is 0.286. The Morgan fingerprint density at radius 2 is 1.93 bits per heavy atom. The number of rotatable bonds is 7. The minimum absolute atomic E-state index is 0.0667. The zero-order valence-corrected chi connectivity index (χ0v) is 14.5. The van der Waals surface area contributed by atoms with Crippen LogP contribution in [0.3, 0.4) is 0 Å². The van der Waals surface area contributed by atoms with Crippen molar-refractivity contribution >= 4 is 28.9 Å². The van der Waals surface area contributed by atoms with Crippen molar-refractivity contribution in [3.05, 3.63) is 69.9 Å². The molecule has 142 valence electrons. The number of anilines is 2. The van der Waals surface area contributed by atoms with E-state index in [0.29, 0.717) is 5.69 Å². The number of nitro groups is 1. The van der Waals surface area contributed by atoms with E-state index >= 15 is 0 Å². The lowest BCUT2D eigenvalue weighted by Gasteiger charge is -2.09. The van der Waals surface area contributed by atoms with Gasteiger partial charge >= 0.3 is 5.97 Å². The molecule has 2 aromatic rings. The van der Waals surface area contributed by atoms with Gasteiger partial charge in [-0.1, -0.05) is 0 Å². The molecule has 1 amide bonds. The number of aromatic carboxylic acids is 1. The third-order valence-electron chi connectivity index (χ3n) is 3.52. The Kier molecular flexibility index (Phi) is 6.27. The summed E-state index contributed by atoms with van der Waals surface area (Å²) in [5.41, 5.74) is 0.238. The third kappa shape index (κ3) is 4.83. The summed E-state index contributed by atoms with van der Waals surface area (Å²) in [5.74, 6) is -1.77. The molecule has 0 atom stereocenters. The van der Waals surface area contributed by atoms with E-state index in [-0.39, 0.29) is 28.3 Å². The number of methoxy groups -OCH3 is 1. The van der Waals surface area contributed by atoms with Crippen molar-refractivity contribution in [2.45, 2.75) is 0 Å². The molecular weight excluding hydrogens is 368 g/mol. The molecule has 10 heteroatoms. The van der Waals surface area contributed by atoms with Crippen LogP contribution in [0.4, 0.5) is 17.1 Å². The standard InChI is InChI=1S/C18H14N4O6/c1-28-16-8-14(22(26)27)6-7-15(16)21-17(23)12(9-19)10-20-13-4-2-11(3-5-13)18(24)25/h2-8,10,20H,1H3,(H,21,23)(H,24,25)/b12-10-. The van der Waals surface area contributed by atoms with Crippen LogP contribution in [-0.4, -0.2) is 29.0 Å². The van der Waals surface area contributed by atoms with Crippen LogP contribution in [0.25, 0.3) is 0 Å². The average molecular weight is 382 g/mol. The fourth-order valence-electron chi connectivity index (χ4n) is 2.10. The van der Waals surface area contributed by atoms with E-state index in [1.54, 1.807) is 6.07 Å². The molecule has 28 heavy (non-hydrogen) atoms. The van der Waals surface area contributed by atoms with Gasteiger partial charge in [-0.05, 0) is 30.3 Å². The van der Waals surface area contributed by atoms with Crippen molar-refractivity contribution in [1.82, 2.24) is 0 Å². The lowest BCUT2D eigenvalue weighted by Crippen LogP contribution is -2.15. The lowest BCUT2D eigenvalue weighted by atomic mass is 10.2. The van der Waals surface area contributed by atoms with E-state index in [1.807, 2.05) is 0 Å². The van der Waals surface area contributed by atoms with Crippen LogP contribution < -0.4 is 15.4 Å². The molecule has 0 fully saturated rings. The number of benzene rings is 2. The molecule has 10 nitrogen and oxygen atoms in total. The van der Waals surface area contributed by atoms with E-state index < -0.39 is 16.8 Å². The van der Waals surface area contributed by atoms with Crippen LogP contribution in [0.2, 0.25) is 0 Å². The number of hydrogen-bond acceptors (Lipinski definition) is 7. The van der Waals surface area contributed by atoms with Crippen molar-refractivity contribution in [3.63, 3.8) is 0 Å². The summed E-state index contributed by atoms with van der Waals surface area (Å²) in [6, 6.07) is 11.1. The van der Waals surface area contributed by atoms with Crippen molar-refractivity contribution in [2.75, 3.05) is 17.7 Å². The normalized spacial score (nSPS) is 10.5. The van der Waals surface area contributed by atoms with Gasteiger partial charge in [-0.3, -0.25) is 14.9 Å². The number of carboxylic acids is 1. The molecule has 3 N–H and O–H groups in total. The Balaban J connectivity index is 2.15. The number of non-ortho nitro benzene ring substituents is 1. The number of carbonyl (C=O) groups is 2. The Morgan fingerprint density at radius 1 is 1.25 bits per heavy atom. The Morgan fingerprint density at radius 3 is 2.46 bits per heavy atom. The first-order valence-corrected chi connectivity index (χ1v) is 7.69. The van der Waals surface area contributed by atoms with Gasteiger partial charge in [0.25, 0.3) is 11.6 Å². The minimum atomic E-state index is -1.07. The molecule has 0 aliphatic rings. The second-order valence-electron chi connectivity index (χ2n) is 5.29. The first kappa shape index (κ1) is 19.9. The summed E-state index contributed by atoms with van der Waals surface area (Å²) in [6.07, 6.45) is 1.16. The second-order valence-corrected chi connectivity index (χ2v) is 5.29. The van der Waals surface area contributed by atoms with Crippen molar-refractivity contribution in [3.8, 4) is 11.8 Å². The maximum atomic E-state index is 12.3. The predicted octanol–water partition coefficient (Wildman–Crippen LogP) is 2.76. The van der Waals surface area contributed by atoms with Crippen molar-refractivity contribution < 1.29 is 24.4 Å². The van der Waals surface area contributed by atoms with Gasteiger partial charge in [0, 0.05) is 18.0 Å². The van der Waals surface area contributed by atoms with E-state index in [1.165, 1.54) is 43.5 Å². The molecule has 0 saturated heterocycles. The van der Waals surface area contributed by atoms with E-state index in [2.05, 4.69) is 10.6 Å². The highest BCUT2D eigenvalue weighted by Crippen LogP contribution is 2.29. The molecule has 0 saturated carbocycles. The fourth-order valence-corrected chi connectivity index (χ4v) is 2.10. The zero-order valence-electron chi connectivity index (χ0n) is 14.5. The number of nitriles is 1. The lowest BCUT2D eigenvalue weighted by molar-refractivity contribution is -0.384. The van der Waals surface area contributed by atoms with Gasteiger partial charge in [0.2, 0.25) is 0 Å². The molecule has 0 bridgehead atoms. The van der Waals surface area contributed by atoms with E-state index in [0.717, 1.165) is 12.3 Å². The fraction of sp³-hybridized carbons (Fsp3) is 0.0556. The number of nitrogens with one attached hydrogen (secondary N) is 2. The number of carboxylic acid groups (broad SMARTS) is 1. The molecule has 2 aromatic carbocycles. The SMILES string of the molecule is COc1cc([N+](=O)[O-])ccc1NC(=O)/C(C#N)=C\Nc1ccc(C(=O)O)cc1. The number of ether oxygens (including phenoxy) is 1. The molecule has 0 unspecified atom stereocenters. The topological polar surface area (TPSA) is 155 Å². The Labute approximate surface area is 158 Å².